The van der Waals surface area contributed by atoms with Crippen molar-refractivity contribution >= 4 is 10.3 Å². The van der Waals surface area contributed by atoms with Gasteiger partial charge in [0.25, 0.3) is 0 Å². The lowest BCUT2D eigenvalue weighted by atomic mass is 9.99. The summed E-state index contributed by atoms with van der Waals surface area (Å²) in [4.78, 5) is 0. The van der Waals surface area contributed by atoms with Gasteiger partial charge in [0, 0.05) is 5.54 Å². The Kier molecular flexibility index (Phi) is 4.16. The lowest BCUT2D eigenvalue weighted by Gasteiger charge is -2.23. The summed E-state index contributed by atoms with van der Waals surface area (Å²) in [6.45, 7) is 5.52. The first-order valence-corrected chi connectivity index (χ1v) is 5.47. The first-order valence-electron chi connectivity index (χ1n) is 4.03. The minimum Gasteiger partial charge on any atom is -0.273 e. The van der Waals surface area contributed by atoms with E-state index in [2.05, 4.69) is 4.72 Å². The predicted molar refractivity (Wildman–Crippen MR) is 48.3 cm³/mol. The Morgan fingerprint density at radius 1 is 1.42 bits per heavy atom. The first-order chi connectivity index (χ1) is 5.27. The van der Waals surface area contributed by atoms with Gasteiger partial charge >= 0.3 is 10.3 Å². The van der Waals surface area contributed by atoms with Crippen molar-refractivity contribution in [2.75, 3.05) is 0 Å². The van der Waals surface area contributed by atoms with Gasteiger partial charge in [0.15, 0.2) is 0 Å². The number of hydrogen-bond donors (Lipinski definition) is 2. The van der Waals surface area contributed by atoms with E-state index in [1.807, 2.05) is 6.92 Å². The first kappa shape index (κ1) is 11.9. The molecule has 0 aliphatic rings. The fourth-order valence-electron chi connectivity index (χ4n) is 1.02. The summed E-state index contributed by atoms with van der Waals surface area (Å²) in [5.41, 5.74) is -0.552. The zero-order chi connectivity index (χ0) is 9.83. The summed E-state index contributed by atoms with van der Waals surface area (Å²) >= 11 is 0. The van der Waals surface area contributed by atoms with Gasteiger partial charge < -0.3 is 0 Å². The number of unbranched alkanes of at least 4 members (excludes halogenated alkanes) is 1. The van der Waals surface area contributed by atoms with Gasteiger partial charge in [-0.3, -0.25) is 4.55 Å². The molecule has 0 fully saturated rings. The predicted octanol–water partition coefficient (Wildman–Crippen LogP) is 1.35. The van der Waals surface area contributed by atoms with Crippen LogP contribution in [0.25, 0.3) is 0 Å². The number of rotatable bonds is 5. The van der Waals surface area contributed by atoms with Crippen LogP contribution in [-0.2, 0) is 10.3 Å². The maximum absolute atomic E-state index is 10.5. The second-order valence-electron chi connectivity index (χ2n) is 3.56. The van der Waals surface area contributed by atoms with Gasteiger partial charge in [0.05, 0.1) is 0 Å². The van der Waals surface area contributed by atoms with E-state index in [0.29, 0.717) is 0 Å². The van der Waals surface area contributed by atoms with Crippen LogP contribution in [0.5, 0.6) is 0 Å². The monoisotopic (exact) mass is 195 g/mol. The lowest BCUT2D eigenvalue weighted by Crippen LogP contribution is -2.42. The van der Waals surface area contributed by atoms with Gasteiger partial charge in [-0.1, -0.05) is 19.8 Å². The molecule has 0 saturated heterocycles. The zero-order valence-corrected chi connectivity index (χ0v) is 8.61. The van der Waals surface area contributed by atoms with Crippen LogP contribution in [0.1, 0.15) is 40.0 Å². The van der Waals surface area contributed by atoms with E-state index in [9.17, 15) is 8.42 Å². The van der Waals surface area contributed by atoms with Crippen LogP contribution < -0.4 is 4.72 Å². The molecule has 4 nitrogen and oxygen atoms in total. The van der Waals surface area contributed by atoms with Crippen molar-refractivity contribution in [1.82, 2.24) is 4.72 Å². The Bertz CT molecular complexity index is 221. The molecular formula is C7H17NO3S. The molecule has 74 valence electrons. The van der Waals surface area contributed by atoms with Crippen LogP contribution >= 0.6 is 0 Å². The van der Waals surface area contributed by atoms with Crippen molar-refractivity contribution in [2.24, 2.45) is 0 Å². The Balaban J connectivity index is 4.04. The fourth-order valence-corrected chi connectivity index (χ4v) is 1.82. The summed E-state index contributed by atoms with van der Waals surface area (Å²) in [5.74, 6) is 0. The van der Waals surface area contributed by atoms with Crippen molar-refractivity contribution in [1.29, 1.82) is 0 Å². The third-order valence-electron chi connectivity index (χ3n) is 1.56. The van der Waals surface area contributed by atoms with Crippen molar-refractivity contribution in [2.45, 2.75) is 45.6 Å². The molecule has 0 unspecified atom stereocenters. The molecule has 0 saturated carbocycles. The van der Waals surface area contributed by atoms with Crippen molar-refractivity contribution in [3.05, 3.63) is 0 Å². The Morgan fingerprint density at radius 3 is 2.25 bits per heavy atom. The molecule has 5 heteroatoms. The van der Waals surface area contributed by atoms with E-state index in [0.717, 1.165) is 19.3 Å². The van der Waals surface area contributed by atoms with Gasteiger partial charge in [0.1, 0.15) is 0 Å². The van der Waals surface area contributed by atoms with E-state index in [1.165, 1.54) is 0 Å². The van der Waals surface area contributed by atoms with Crippen LogP contribution in [-0.4, -0.2) is 18.5 Å². The molecular weight excluding hydrogens is 178 g/mol. The molecule has 12 heavy (non-hydrogen) atoms. The van der Waals surface area contributed by atoms with Gasteiger partial charge in [-0.05, 0) is 20.3 Å². The van der Waals surface area contributed by atoms with Gasteiger partial charge in [0.2, 0.25) is 0 Å². The summed E-state index contributed by atoms with van der Waals surface area (Å²) < 4.78 is 31.6. The molecule has 0 bridgehead atoms. The average molecular weight is 195 g/mol. The van der Waals surface area contributed by atoms with E-state index in [4.69, 9.17) is 4.55 Å². The lowest BCUT2D eigenvalue weighted by molar-refractivity contribution is 0.378. The van der Waals surface area contributed by atoms with E-state index in [-0.39, 0.29) is 0 Å². The summed E-state index contributed by atoms with van der Waals surface area (Å²) in [7, 11) is -4.06. The SMILES string of the molecule is CCCCC(C)(C)NS(=O)(=O)O. The van der Waals surface area contributed by atoms with E-state index >= 15 is 0 Å². The van der Waals surface area contributed by atoms with Crippen molar-refractivity contribution in [3.63, 3.8) is 0 Å². The summed E-state index contributed by atoms with van der Waals surface area (Å²) in [6, 6.07) is 0. The topological polar surface area (TPSA) is 66.4 Å². The zero-order valence-electron chi connectivity index (χ0n) is 7.79. The number of hydrogen-bond acceptors (Lipinski definition) is 2. The summed E-state index contributed by atoms with van der Waals surface area (Å²) in [5, 5.41) is 0. The Labute approximate surface area is 74.2 Å². The molecule has 2 N–H and O–H groups in total. The molecule has 0 spiro atoms. The highest BCUT2D eigenvalue weighted by Crippen LogP contribution is 2.13. The van der Waals surface area contributed by atoms with Gasteiger partial charge in [-0.15, -0.1) is 0 Å². The molecule has 0 rings (SSSR count). The normalized spacial score (nSPS) is 13.3. The molecule has 0 atom stereocenters. The highest BCUT2D eigenvalue weighted by atomic mass is 32.2. The van der Waals surface area contributed by atoms with Crippen molar-refractivity contribution in [3.8, 4) is 0 Å². The molecule has 0 aromatic heterocycles. The second kappa shape index (κ2) is 4.20. The highest BCUT2D eigenvalue weighted by molar-refractivity contribution is 7.83. The molecule has 0 aliphatic carbocycles. The second-order valence-corrected chi connectivity index (χ2v) is 4.72. The fraction of sp³-hybridized carbons (Fsp3) is 1.00. The summed E-state index contributed by atoms with van der Waals surface area (Å²) in [6.07, 6.45) is 2.68. The molecule has 0 heterocycles. The van der Waals surface area contributed by atoms with Gasteiger partial charge in [-0.25, -0.2) is 0 Å². The quantitative estimate of drug-likeness (QED) is 0.651. The molecule has 0 aromatic carbocycles. The number of nitrogens with one attached hydrogen (secondary N) is 1. The largest absolute Gasteiger partial charge is 0.333 e. The standard InChI is InChI=1S/C7H17NO3S/c1-4-5-6-7(2,3)8-12(9,10)11/h8H,4-6H2,1-3H3,(H,9,10,11). The van der Waals surface area contributed by atoms with E-state index < -0.39 is 15.8 Å². The third-order valence-corrected chi connectivity index (χ3v) is 2.37. The van der Waals surface area contributed by atoms with E-state index in [1.54, 1.807) is 13.8 Å². The Morgan fingerprint density at radius 2 is 1.92 bits per heavy atom. The molecule has 0 radical (unpaired) electrons. The van der Waals surface area contributed by atoms with Crippen LogP contribution in [0.4, 0.5) is 0 Å². The van der Waals surface area contributed by atoms with Crippen LogP contribution in [0.3, 0.4) is 0 Å². The molecule has 0 aromatic rings. The van der Waals surface area contributed by atoms with Crippen molar-refractivity contribution < 1.29 is 13.0 Å². The third kappa shape index (κ3) is 6.57. The smallest absolute Gasteiger partial charge is 0.273 e. The van der Waals surface area contributed by atoms with Gasteiger partial charge in [-0.2, -0.15) is 13.1 Å². The minimum atomic E-state index is -4.06. The van der Waals surface area contributed by atoms with Crippen LogP contribution in [0.2, 0.25) is 0 Å². The van der Waals surface area contributed by atoms with Crippen LogP contribution in [0, 0.1) is 0 Å². The molecule has 0 aliphatic heterocycles. The minimum absolute atomic E-state index is 0.552. The molecule has 0 amide bonds. The Hall–Kier alpha value is -0.130. The highest BCUT2D eigenvalue weighted by Gasteiger charge is 2.21. The maximum Gasteiger partial charge on any atom is 0.333 e. The van der Waals surface area contributed by atoms with Crippen LogP contribution in [0.15, 0.2) is 0 Å². The average Bonchev–Trinajstić information content (AvgIpc) is 1.78. The maximum atomic E-state index is 10.5.